The number of amides is 1. The normalized spacial score (nSPS) is 21.1. The first-order valence-corrected chi connectivity index (χ1v) is 6.77. The van der Waals surface area contributed by atoms with Crippen molar-refractivity contribution >= 4 is 11.6 Å². The Hall–Kier alpha value is -1.83. The van der Waals surface area contributed by atoms with Crippen LogP contribution in [0.3, 0.4) is 0 Å². The number of hydrogen-bond donors (Lipinski definition) is 2. The minimum Gasteiger partial charge on any atom is -0.384 e. The van der Waals surface area contributed by atoms with Crippen LogP contribution in [0, 0.1) is 18.8 Å². The van der Waals surface area contributed by atoms with Gasteiger partial charge in [-0.1, -0.05) is 17.9 Å². The van der Waals surface area contributed by atoms with Crippen LogP contribution in [-0.4, -0.2) is 29.8 Å². The highest BCUT2D eigenvalue weighted by atomic mass is 16.5. The van der Waals surface area contributed by atoms with E-state index in [9.17, 15) is 4.79 Å². The lowest BCUT2D eigenvalue weighted by Gasteiger charge is -2.13. The second-order valence-corrected chi connectivity index (χ2v) is 4.99. The molecule has 20 heavy (non-hydrogen) atoms. The van der Waals surface area contributed by atoms with Crippen LogP contribution in [-0.2, 0) is 9.53 Å². The topological polar surface area (TPSA) is 58.6 Å². The van der Waals surface area contributed by atoms with Crippen molar-refractivity contribution in [2.45, 2.75) is 38.9 Å². The number of hydrogen-bond acceptors (Lipinski definition) is 3. The largest absolute Gasteiger partial charge is 0.384 e. The number of benzene rings is 1. The van der Waals surface area contributed by atoms with Gasteiger partial charge < -0.3 is 15.2 Å². The fraction of sp³-hybridized carbons (Fsp3) is 0.438. The lowest BCUT2D eigenvalue weighted by molar-refractivity contribution is -0.126. The number of nitrogens with one attached hydrogen (secondary N) is 1. The van der Waals surface area contributed by atoms with E-state index >= 15 is 0 Å². The Morgan fingerprint density at radius 1 is 1.50 bits per heavy atom. The molecule has 2 rings (SSSR count). The van der Waals surface area contributed by atoms with Gasteiger partial charge in [0.05, 0.1) is 6.10 Å². The second kappa shape index (κ2) is 6.56. The quantitative estimate of drug-likeness (QED) is 0.808. The number of carbonyl (C=O) groups excluding carboxylic acids is 1. The third kappa shape index (κ3) is 3.60. The van der Waals surface area contributed by atoms with Gasteiger partial charge >= 0.3 is 0 Å². The van der Waals surface area contributed by atoms with Crippen LogP contribution < -0.4 is 5.32 Å². The summed E-state index contributed by atoms with van der Waals surface area (Å²) in [4.78, 5) is 12.1. The van der Waals surface area contributed by atoms with Crippen molar-refractivity contribution in [2.75, 3.05) is 11.9 Å². The van der Waals surface area contributed by atoms with E-state index in [1.54, 1.807) is 0 Å². The van der Waals surface area contributed by atoms with Crippen LogP contribution >= 0.6 is 0 Å². The van der Waals surface area contributed by atoms with E-state index in [1.807, 2.05) is 32.0 Å². The molecule has 1 saturated heterocycles. The minimum absolute atomic E-state index is 0.107. The first-order valence-electron chi connectivity index (χ1n) is 6.77. The maximum absolute atomic E-state index is 12.1. The molecular formula is C16H19NO3. The van der Waals surface area contributed by atoms with Gasteiger partial charge in [0.2, 0.25) is 0 Å². The number of aliphatic hydroxyl groups excluding tert-OH is 1. The van der Waals surface area contributed by atoms with Gasteiger partial charge in [-0.05, 0) is 44.4 Å². The molecule has 1 fully saturated rings. The molecule has 4 heteroatoms. The molecule has 0 aromatic heterocycles. The van der Waals surface area contributed by atoms with E-state index < -0.39 is 0 Å². The molecule has 2 N–H and O–H groups in total. The van der Waals surface area contributed by atoms with Crippen LogP contribution in [0.25, 0.3) is 0 Å². The van der Waals surface area contributed by atoms with Gasteiger partial charge in [-0.2, -0.15) is 0 Å². The lowest BCUT2D eigenvalue weighted by Crippen LogP contribution is -2.28. The molecule has 1 aliphatic rings. The summed E-state index contributed by atoms with van der Waals surface area (Å²) in [5.74, 6) is 5.32. The van der Waals surface area contributed by atoms with Crippen LogP contribution in [0.2, 0.25) is 0 Å². The molecule has 4 nitrogen and oxygen atoms in total. The molecule has 2 unspecified atom stereocenters. The van der Waals surface area contributed by atoms with Gasteiger partial charge in [0.1, 0.15) is 12.7 Å². The van der Waals surface area contributed by atoms with E-state index in [1.165, 1.54) is 0 Å². The summed E-state index contributed by atoms with van der Waals surface area (Å²) in [6.07, 6.45) is 1.46. The molecule has 1 aromatic rings. The summed E-state index contributed by atoms with van der Waals surface area (Å²) in [5.41, 5.74) is 2.47. The highest BCUT2D eigenvalue weighted by Crippen LogP contribution is 2.22. The predicted molar refractivity (Wildman–Crippen MR) is 77.3 cm³/mol. The Bertz CT molecular complexity index is 557. The van der Waals surface area contributed by atoms with Gasteiger partial charge in [-0.15, -0.1) is 0 Å². The average molecular weight is 273 g/mol. The van der Waals surface area contributed by atoms with Gasteiger partial charge in [-0.25, -0.2) is 0 Å². The number of carbonyl (C=O) groups is 1. The predicted octanol–water partition coefficient (Wildman–Crippen LogP) is 1.84. The van der Waals surface area contributed by atoms with Gasteiger partial charge in [-0.3, -0.25) is 4.79 Å². The standard InChI is InChI=1S/C16H19NO3/c1-11-5-7-13(4-3-9-18)10-14(11)17-16(19)15-8-6-12(2)20-15/h5,7,10,12,15,18H,6,8-9H2,1-2H3,(H,17,19). The number of anilines is 1. The zero-order valence-corrected chi connectivity index (χ0v) is 11.8. The summed E-state index contributed by atoms with van der Waals surface area (Å²) in [5, 5.41) is 11.6. The number of rotatable bonds is 2. The average Bonchev–Trinajstić information content (AvgIpc) is 2.86. The van der Waals surface area contributed by atoms with E-state index in [0.717, 1.165) is 29.7 Å². The van der Waals surface area contributed by atoms with Crippen LogP contribution in [0.15, 0.2) is 18.2 Å². The molecule has 1 amide bonds. The first-order chi connectivity index (χ1) is 9.60. The zero-order valence-electron chi connectivity index (χ0n) is 11.8. The number of aliphatic hydroxyl groups is 1. The summed E-state index contributed by atoms with van der Waals surface area (Å²) < 4.78 is 5.56. The second-order valence-electron chi connectivity index (χ2n) is 4.99. The Morgan fingerprint density at radius 2 is 2.30 bits per heavy atom. The molecule has 0 radical (unpaired) electrons. The van der Waals surface area contributed by atoms with E-state index in [2.05, 4.69) is 17.2 Å². The van der Waals surface area contributed by atoms with Gasteiger partial charge in [0.25, 0.3) is 5.91 Å². The van der Waals surface area contributed by atoms with Gasteiger partial charge in [0.15, 0.2) is 0 Å². The molecule has 1 aliphatic heterocycles. The number of ether oxygens (including phenoxy) is 1. The molecule has 2 atom stereocenters. The Kier molecular flexibility index (Phi) is 4.78. The third-order valence-electron chi connectivity index (χ3n) is 3.33. The fourth-order valence-electron chi connectivity index (χ4n) is 2.18. The van der Waals surface area contributed by atoms with Crippen molar-refractivity contribution in [1.82, 2.24) is 0 Å². The van der Waals surface area contributed by atoms with E-state index in [0.29, 0.717) is 0 Å². The molecular weight excluding hydrogens is 254 g/mol. The van der Waals surface area contributed by atoms with Crippen molar-refractivity contribution in [1.29, 1.82) is 0 Å². The minimum atomic E-state index is -0.364. The van der Waals surface area contributed by atoms with E-state index in [-0.39, 0.29) is 24.7 Å². The smallest absolute Gasteiger partial charge is 0.253 e. The Balaban J connectivity index is 2.10. The molecule has 0 aliphatic carbocycles. The summed E-state index contributed by atoms with van der Waals surface area (Å²) in [6, 6.07) is 5.57. The van der Waals surface area contributed by atoms with Crippen molar-refractivity contribution in [3.05, 3.63) is 29.3 Å². The van der Waals surface area contributed by atoms with Crippen LogP contribution in [0.1, 0.15) is 30.9 Å². The highest BCUT2D eigenvalue weighted by Gasteiger charge is 2.28. The summed E-state index contributed by atoms with van der Waals surface area (Å²) in [7, 11) is 0. The fourth-order valence-corrected chi connectivity index (χ4v) is 2.18. The van der Waals surface area contributed by atoms with E-state index in [4.69, 9.17) is 9.84 Å². The zero-order chi connectivity index (χ0) is 14.5. The molecule has 0 saturated carbocycles. The van der Waals surface area contributed by atoms with Crippen molar-refractivity contribution < 1.29 is 14.6 Å². The molecule has 1 aromatic carbocycles. The van der Waals surface area contributed by atoms with Crippen molar-refractivity contribution in [3.63, 3.8) is 0 Å². The van der Waals surface area contributed by atoms with Crippen LogP contribution in [0.5, 0.6) is 0 Å². The van der Waals surface area contributed by atoms with Crippen LogP contribution in [0.4, 0.5) is 5.69 Å². The number of aryl methyl sites for hydroxylation is 1. The third-order valence-corrected chi connectivity index (χ3v) is 3.33. The molecule has 106 valence electrons. The van der Waals surface area contributed by atoms with Gasteiger partial charge in [0, 0.05) is 11.3 Å². The summed E-state index contributed by atoms with van der Waals surface area (Å²) >= 11 is 0. The molecule has 0 bridgehead atoms. The van der Waals surface area contributed by atoms with Crippen molar-refractivity contribution in [2.24, 2.45) is 0 Å². The SMILES string of the molecule is Cc1ccc(C#CCO)cc1NC(=O)C1CCC(C)O1. The summed E-state index contributed by atoms with van der Waals surface area (Å²) in [6.45, 7) is 3.73. The maximum atomic E-state index is 12.1. The highest BCUT2D eigenvalue weighted by molar-refractivity contribution is 5.95. The monoisotopic (exact) mass is 273 g/mol. The Labute approximate surface area is 119 Å². The first kappa shape index (κ1) is 14.6. The molecule has 0 spiro atoms. The maximum Gasteiger partial charge on any atom is 0.253 e. The lowest BCUT2D eigenvalue weighted by atomic mass is 10.1. The Morgan fingerprint density at radius 3 is 2.95 bits per heavy atom. The molecule has 1 heterocycles. The van der Waals surface area contributed by atoms with Crippen molar-refractivity contribution in [3.8, 4) is 11.8 Å².